The van der Waals surface area contributed by atoms with Crippen LogP contribution in [0.15, 0.2) is 36.7 Å². The number of anilines is 3. The van der Waals surface area contributed by atoms with Gasteiger partial charge in [-0.3, -0.25) is 4.68 Å². The first-order valence-corrected chi connectivity index (χ1v) is 11.1. The van der Waals surface area contributed by atoms with E-state index in [1.54, 1.807) is 0 Å². The molecule has 5 heterocycles. The minimum Gasteiger partial charge on any atom is -0.368 e. The zero-order chi connectivity index (χ0) is 21.1. The molecule has 3 aliphatic heterocycles. The second-order valence-corrected chi connectivity index (χ2v) is 9.16. The number of nitrogen functional groups attached to an aromatic ring is 1. The molecule has 2 aromatic heterocycles. The minimum atomic E-state index is 0.343. The van der Waals surface area contributed by atoms with Crippen LogP contribution in [0, 0.1) is 0 Å². The van der Waals surface area contributed by atoms with Crippen molar-refractivity contribution in [1.29, 1.82) is 0 Å². The molecule has 160 valence electrons. The van der Waals surface area contributed by atoms with Crippen molar-refractivity contribution in [1.82, 2.24) is 25.1 Å². The third-order valence-corrected chi connectivity index (χ3v) is 6.99. The Hall–Kier alpha value is -3.13. The fourth-order valence-electron chi connectivity index (χ4n) is 5.37. The molecule has 0 spiro atoms. The highest BCUT2D eigenvalue weighted by molar-refractivity contribution is 5.65. The molecule has 8 heteroatoms. The third-order valence-electron chi connectivity index (χ3n) is 6.99. The van der Waals surface area contributed by atoms with E-state index in [9.17, 15) is 0 Å². The van der Waals surface area contributed by atoms with Crippen LogP contribution in [0.5, 0.6) is 0 Å². The summed E-state index contributed by atoms with van der Waals surface area (Å²) in [6.07, 6.45) is 6.14. The summed E-state index contributed by atoms with van der Waals surface area (Å²) >= 11 is 0. The molecule has 3 aliphatic rings. The molecule has 31 heavy (non-hydrogen) atoms. The van der Waals surface area contributed by atoms with Gasteiger partial charge in [0.1, 0.15) is 11.6 Å². The fraction of sp³-hybridized carbons (Fsp3) is 0.435. The molecular formula is C23H28N8. The summed E-state index contributed by atoms with van der Waals surface area (Å²) in [5.74, 6) is 2.23. The lowest BCUT2D eigenvalue weighted by molar-refractivity contribution is 0.573. The van der Waals surface area contributed by atoms with Gasteiger partial charge in [0.25, 0.3) is 0 Å². The number of aryl methyl sites for hydroxylation is 1. The van der Waals surface area contributed by atoms with Gasteiger partial charge < -0.3 is 20.9 Å². The highest BCUT2D eigenvalue weighted by Gasteiger charge is 2.38. The van der Waals surface area contributed by atoms with E-state index < -0.39 is 0 Å². The van der Waals surface area contributed by atoms with Crippen LogP contribution in [0.1, 0.15) is 24.5 Å². The van der Waals surface area contributed by atoms with E-state index >= 15 is 0 Å². The Morgan fingerprint density at radius 2 is 1.90 bits per heavy atom. The lowest BCUT2D eigenvalue weighted by atomic mass is 9.92. The SMILES string of the molecule is CC1Cc2ccc(-c3cnn(C)c3)cc2CN1c1cc(N2CC3CC2CN3)nc(N)n1. The molecule has 0 amide bonds. The Balaban J connectivity index is 1.32. The monoisotopic (exact) mass is 416 g/mol. The van der Waals surface area contributed by atoms with E-state index in [4.69, 9.17) is 5.73 Å². The number of nitrogens with two attached hydrogens (primary N) is 1. The third kappa shape index (κ3) is 3.22. The number of fused-ring (bicyclic) bond motifs is 3. The van der Waals surface area contributed by atoms with Gasteiger partial charge in [-0.05, 0) is 42.5 Å². The van der Waals surface area contributed by atoms with E-state index in [0.29, 0.717) is 24.1 Å². The summed E-state index contributed by atoms with van der Waals surface area (Å²) in [6, 6.07) is 10.3. The quantitative estimate of drug-likeness (QED) is 0.675. The van der Waals surface area contributed by atoms with E-state index in [2.05, 4.69) is 67.6 Å². The second-order valence-electron chi connectivity index (χ2n) is 9.16. The largest absolute Gasteiger partial charge is 0.368 e. The van der Waals surface area contributed by atoms with Crippen molar-refractivity contribution in [3.05, 3.63) is 47.8 Å². The van der Waals surface area contributed by atoms with Crippen LogP contribution >= 0.6 is 0 Å². The molecule has 1 aromatic carbocycles. The van der Waals surface area contributed by atoms with Crippen LogP contribution in [0.4, 0.5) is 17.6 Å². The normalized spacial score (nSPS) is 24.6. The molecule has 2 saturated heterocycles. The summed E-state index contributed by atoms with van der Waals surface area (Å²) in [5, 5.41) is 7.87. The summed E-state index contributed by atoms with van der Waals surface area (Å²) in [6.45, 7) is 5.09. The van der Waals surface area contributed by atoms with Gasteiger partial charge in [0, 0.05) is 62.6 Å². The predicted octanol–water partition coefficient (Wildman–Crippen LogP) is 1.96. The first-order valence-electron chi connectivity index (χ1n) is 11.1. The van der Waals surface area contributed by atoms with E-state index in [-0.39, 0.29) is 0 Å². The van der Waals surface area contributed by atoms with Crippen LogP contribution in [0.3, 0.4) is 0 Å². The maximum atomic E-state index is 6.17. The number of rotatable bonds is 3. The van der Waals surface area contributed by atoms with Gasteiger partial charge in [-0.15, -0.1) is 0 Å². The number of nitrogens with one attached hydrogen (secondary N) is 1. The first-order chi connectivity index (χ1) is 15.0. The topological polar surface area (TPSA) is 88.1 Å². The smallest absolute Gasteiger partial charge is 0.223 e. The molecule has 3 aromatic rings. The van der Waals surface area contributed by atoms with Crippen molar-refractivity contribution in [2.45, 2.75) is 44.4 Å². The average Bonchev–Trinajstić information content (AvgIpc) is 3.50. The van der Waals surface area contributed by atoms with Gasteiger partial charge in [-0.1, -0.05) is 12.1 Å². The summed E-state index contributed by atoms with van der Waals surface area (Å²) in [4.78, 5) is 14.0. The number of hydrogen-bond acceptors (Lipinski definition) is 7. The maximum Gasteiger partial charge on any atom is 0.223 e. The second kappa shape index (κ2) is 6.95. The molecule has 6 rings (SSSR count). The summed E-state index contributed by atoms with van der Waals surface area (Å²) < 4.78 is 1.84. The van der Waals surface area contributed by atoms with Crippen LogP contribution in [-0.2, 0) is 20.0 Å². The van der Waals surface area contributed by atoms with Gasteiger partial charge in [0.2, 0.25) is 5.95 Å². The molecule has 3 unspecified atom stereocenters. The minimum absolute atomic E-state index is 0.343. The van der Waals surface area contributed by atoms with Crippen molar-refractivity contribution in [2.75, 3.05) is 28.6 Å². The van der Waals surface area contributed by atoms with Crippen LogP contribution in [0.2, 0.25) is 0 Å². The highest BCUT2D eigenvalue weighted by atomic mass is 15.3. The molecule has 2 bridgehead atoms. The Labute approximate surface area is 182 Å². The summed E-state index contributed by atoms with van der Waals surface area (Å²) in [7, 11) is 1.95. The lowest BCUT2D eigenvalue weighted by Gasteiger charge is -2.37. The molecule has 0 aliphatic carbocycles. The van der Waals surface area contributed by atoms with Crippen molar-refractivity contribution < 1.29 is 0 Å². The van der Waals surface area contributed by atoms with Crippen molar-refractivity contribution in [3.63, 3.8) is 0 Å². The first kappa shape index (κ1) is 18.6. The standard InChI is InChI=1S/C23H28N8/c1-14-5-15-3-4-16(18-9-26-29(2)11-18)6-17(15)12-30(14)21-8-22(28-23(24)27-21)31-13-19-7-20(31)10-25-19/h3-4,6,8-9,11,14,19-20,25H,5,7,10,12-13H2,1-2H3,(H2,24,27,28). The molecule has 8 nitrogen and oxygen atoms in total. The van der Waals surface area contributed by atoms with Crippen LogP contribution in [-0.4, -0.2) is 51.0 Å². The predicted molar refractivity (Wildman–Crippen MR) is 122 cm³/mol. The van der Waals surface area contributed by atoms with E-state index in [1.807, 2.05) is 17.9 Å². The van der Waals surface area contributed by atoms with Crippen LogP contribution in [0.25, 0.3) is 11.1 Å². The number of piperazine rings is 1. The van der Waals surface area contributed by atoms with Crippen molar-refractivity contribution in [2.24, 2.45) is 7.05 Å². The zero-order valence-corrected chi connectivity index (χ0v) is 18.0. The Bertz CT molecular complexity index is 1140. The van der Waals surface area contributed by atoms with Crippen molar-refractivity contribution >= 4 is 17.6 Å². The van der Waals surface area contributed by atoms with Gasteiger partial charge in [0.05, 0.1) is 6.20 Å². The molecular weight excluding hydrogens is 388 g/mol. The fourth-order valence-corrected chi connectivity index (χ4v) is 5.37. The van der Waals surface area contributed by atoms with E-state index in [1.165, 1.54) is 23.1 Å². The average molecular weight is 417 g/mol. The van der Waals surface area contributed by atoms with E-state index in [0.717, 1.165) is 43.3 Å². The molecule has 3 N–H and O–H groups in total. The van der Waals surface area contributed by atoms with Gasteiger partial charge in [-0.2, -0.15) is 15.1 Å². The Morgan fingerprint density at radius 1 is 1.06 bits per heavy atom. The Morgan fingerprint density at radius 3 is 2.61 bits per heavy atom. The van der Waals surface area contributed by atoms with Gasteiger partial charge in [0.15, 0.2) is 0 Å². The number of hydrogen-bond donors (Lipinski definition) is 2. The number of nitrogens with zero attached hydrogens (tertiary/aromatic N) is 6. The lowest BCUT2D eigenvalue weighted by Crippen LogP contribution is -2.44. The molecule has 3 atom stereocenters. The molecule has 2 fully saturated rings. The molecule has 0 radical (unpaired) electrons. The highest BCUT2D eigenvalue weighted by Crippen LogP contribution is 2.34. The number of benzene rings is 1. The number of aromatic nitrogens is 4. The zero-order valence-electron chi connectivity index (χ0n) is 18.0. The Kier molecular flexibility index (Phi) is 4.17. The van der Waals surface area contributed by atoms with Crippen molar-refractivity contribution in [3.8, 4) is 11.1 Å². The molecule has 0 saturated carbocycles. The summed E-state index contributed by atoms with van der Waals surface area (Å²) in [5.41, 5.74) is 11.3. The van der Waals surface area contributed by atoms with Gasteiger partial charge in [-0.25, -0.2) is 0 Å². The maximum absolute atomic E-state index is 6.17. The van der Waals surface area contributed by atoms with Gasteiger partial charge >= 0.3 is 0 Å². The van der Waals surface area contributed by atoms with Crippen LogP contribution < -0.4 is 20.9 Å².